The number of aromatic nitrogens is 1. The second-order valence-electron chi connectivity index (χ2n) is 4.77. The van der Waals surface area contributed by atoms with Crippen LogP contribution in [-0.4, -0.2) is 22.6 Å². The van der Waals surface area contributed by atoms with Crippen molar-refractivity contribution in [3.8, 4) is 22.6 Å². The van der Waals surface area contributed by atoms with E-state index < -0.39 is 0 Å². The van der Waals surface area contributed by atoms with Gasteiger partial charge in [-0.2, -0.15) is 0 Å². The number of nitrogens with zero attached hydrogens (tertiary/aromatic N) is 2. The average Bonchev–Trinajstić information content (AvgIpc) is 3.19. The maximum Gasteiger partial charge on any atom is 0.145 e. The summed E-state index contributed by atoms with van der Waals surface area (Å²) >= 11 is 1.59. The molecule has 0 radical (unpaired) electrons. The molecule has 0 bridgehead atoms. The molecule has 1 aromatic carbocycles. The smallest absolute Gasteiger partial charge is 0.145 e. The Labute approximate surface area is 125 Å². The summed E-state index contributed by atoms with van der Waals surface area (Å²) in [6.07, 6.45) is 1.99. The van der Waals surface area contributed by atoms with Crippen molar-refractivity contribution in [2.24, 2.45) is 5.16 Å². The second kappa shape index (κ2) is 4.49. The van der Waals surface area contributed by atoms with E-state index in [0.717, 1.165) is 33.1 Å². The fourth-order valence-electron chi connectivity index (χ4n) is 2.72. The summed E-state index contributed by atoms with van der Waals surface area (Å²) in [7, 11) is 1.66. The van der Waals surface area contributed by atoms with Crippen LogP contribution in [0.25, 0.3) is 16.8 Å². The monoisotopic (exact) mass is 296 g/mol. The van der Waals surface area contributed by atoms with Crippen molar-refractivity contribution >= 4 is 17.0 Å². The minimum Gasteiger partial charge on any atom is -0.497 e. The molecule has 0 fully saturated rings. The van der Waals surface area contributed by atoms with Crippen LogP contribution in [0.3, 0.4) is 0 Å². The normalized spacial score (nSPS) is 14.2. The quantitative estimate of drug-likeness (QED) is 0.452. The number of rotatable bonds is 2. The summed E-state index contributed by atoms with van der Waals surface area (Å²) in [4.78, 5) is 0.999. The van der Waals surface area contributed by atoms with Gasteiger partial charge in [0.05, 0.1) is 23.4 Å². The number of hydrogen-bond acceptors (Lipinski definition) is 4. The molecule has 5 heteroatoms. The Bertz CT molecular complexity index is 844. The van der Waals surface area contributed by atoms with Gasteiger partial charge in [0.25, 0.3) is 0 Å². The predicted molar refractivity (Wildman–Crippen MR) is 83.1 cm³/mol. The topological polar surface area (TPSA) is 46.8 Å². The molecule has 21 heavy (non-hydrogen) atoms. The molecule has 0 saturated heterocycles. The first-order valence-electron chi connectivity index (χ1n) is 6.50. The highest BCUT2D eigenvalue weighted by Gasteiger charge is 2.29. The van der Waals surface area contributed by atoms with Crippen LogP contribution in [0.1, 0.15) is 10.6 Å². The summed E-state index contributed by atoms with van der Waals surface area (Å²) in [6.45, 7) is 0. The van der Waals surface area contributed by atoms with Crippen LogP contribution in [0.15, 0.2) is 53.1 Å². The van der Waals surface area contributed by atoms with E-state index in [9.17, 15) is 5.21 Å². The first kappa shape index (κ1) is 12.2. The Morgan fingerprint density at radius 3 is 2.71 bits per heavy atom. The second-order valence-corrected chi connectivity index (χ2v) is 5.65. The van der Waals surface area contributed by atoms with Crippen LogP contribution in [0.4, 0.5) is 0 Å². The Kier molecular flexibility index (Phi) is 2.62. The largest absolute Gasteiger partial charge is 0.497 e. The van der Waals surface area contributed by atoms with E-state index in [2.05, 4.69) is 15.1 Å². The molecule has 1 aliphatic heterocycles. The van der Waals surface area contributed by atoms with Crippen molar-refractivity contribution in [3.63, 3.8) is 0 Å². The Hall–Kier alpha value is -2.53. The van der Waals surface area contributed by atoms with Gasteiger partial charge >= 0.3 is 0 Å². The Morgan fingerprint density at radius 1 is 1.19 bits per heavy atom. The zero-order chi connectivity index (χ0) is 14.4. The SMILES string of the molecule is COc1ccc(-c2csc3c2-n2cccc2/C3=N\O)cc1. The van der Waals surface area contributed by atoms with E-state index >= 15 is 0 Å². The lowest BCUT2D eigenvalue weighted by atomic mass is 10.1. The summed E-state index contributed by atoms with van der Waals surface area (Å²) in [5, 5.41) is 14.9. The van der Waals surface area contributed by atoms with Gasteiger partial charge in [-0.3, -0.25) is 0 Å². The molecule has 3 aromatic rings. The summed E-state index contributed by atoms with van der Waals surface area (Å²) < 4.78 is 7.27. The molecule has 1 aliphatic rings. The molecular formula is C16H12N2O2S. The van der Waals surface area contributed by atoms with E-state index in [-0.39, 0.29) is 0 Å². The van der Waals surface area contributed by atoms with Crippen molar-refractivity contribution in [2.45, 2.75) is 0 Å². The fourth-order valence-corrected chi connectivity index (χ4v) is 3.78. The Morgan fingerprint density at radius 2 is 2.00 bits per heavy atom. The van der Waals surface area contributed by atoms with Crippen molar-refractivity contribution < 1.29 is 9.94 Å². The van der Waals surface area contributed by atoms with Gasteiger partial charge in [0.1, 0.15) is 11.5 Å². The van der Waals surface area contributed by atoms with Gasteiger partial charge in [-0.1, -0.05) is 17.3 Å². The highest BCUT2D eigenvalue weighted by atomic mass is 32.1. The molecule has 0 spiro atoms. The van der Waals surface area contributed by atoms with E-state index in [0.29, 0.717) is 5.71 Å². The fraction of sp³-hybridized carbons (Fsp3) is 0.0625. The number of methoxy groups -OCH3 is 1. The zero-order valence-corrected chi connectivity index (χ0v) is 12.1. The van der Waals surface area contributed by atoms with Crippen LogP contribution in [0, 0.1) is 0 Å². The minimum atomic E-state index is 0.639. The van der Waals surface area contributed by atoms with Gasteiger partial charge in [0.2, 0.25) is 0 Å². The summed E-state index contributed by atoms with van der Waals surface area (Å²) in [5.74, 6) is 0.838. The molecule has 104 valence electrons. The Balaban J connectivity index is 1.91. The molecule has 1 N–H and O–H groups in total. The number of oxime groups is 1. The van der Waals surface area contributed by atoms with Crippen LogP contribution in [0.2, 0.25) is 0 Å². The predicted octanol–water partition coefficient (Wildman–Crippen LogP) is 3.75. The van der Waals surface area contributed by atoms with Gasteiger partial charge < -0.3 is 14.5 Å². The van der Waals surface area contributed by atoms with Gasteiger partial charge in [0.15, 0.2) is 0 Å². The van der Waals surface area contributed by atoms with Gasteiger partial charge in [-0.25, -0.2) is 0 Å². The van der Waals surface area contributed by atoms with Gasteiger partial charge in [-0.05, 0) is 29.8 Å². The molecule has 0 aliphatic carbocycles. The molecule has 2 aromatic heterocycles. The van der Waals surface area contributed by atoms with Crippen molar-refractivity contribution in [1.29, 1.82) is 0 Å². The summed E-state index contributed by atoms with van der Waals surface area (Å²) in [6, 6.07) is 11.9. The molecule has 3 heterocycles. The van der Waals surface area contributed by atoms with Crippen LogP contribution >= 0.6 is 11.3 Å². The highest BCUT2D eigenvalue weighted by Crippen LogP contribution is 2.41. The average molecular weight is 296 g/mol. The molecule has 4 rings (SSSR count). The van der Waals surface area contributed by atoms with E-state index in [4.69, 9.17) is 4.74 Å². The molecule has 0 unspecified atom stereocenters. The number of thiophene rings is 1. The minimum absolute atomic E-state index is 0.639. The lowest BCUT2D eigenvalue weighted by molar-refractivity contribution is 0.320. The molecule has 0 amide bonds. The van der Waals surface area contributed by atoms with E-state index in [1.165, 1.54) is 0 Å². The van der Waals surface area contributed by atoms with Gasteiger partial charge in [0, 0.05) is 17.1 Å². The lowest BCUT2D eigenvalue weighted by Crippen LogP contribution is -1.96. The standard InChI is InChI=1S/C16H12N2O2S/c1-20-11-6-4-10(5-7-11)12-9-21-16-14(17-19)13-3-2-8-18(13)15(12)16/h2-9,19H,1H3/b17-14+. The molecule has 0 atom stereocenters. The summed E-state index contributed by atoms with van der Waals surface area (Å²) in [5.41, 5.74) is 4.90. The first-order valence-corrected chi connectivity index (χ1v) is 7.38. The molecule has 0 saturated carbocycles. The van der Waals surface area contributed by atoms with E-state index in [1.807, 2.05) is 42.6 Å². The third-order valence-corrected chi connectivity index (χ3v) is 4.69. The van der Waals surface area contributed by atoms with Crippen molar-refractivity contribution in [1.82, 2.24) is 4.57 Å². The molecule has 4 nitrogen and oxygen atoms in total. The number of benzene rings is 1. The third-order valence-electron chi connectivity index (χ3n) is 3.71. The molecular weight excluding hydrogens is 284 g/mol. The maximum absolute atomic E-state index is 9.29. The van der Waals surface area contributed by atoms with E-state index in [1.54, 1.807) is 18.4 Å². The van der Waals surface area contributed by atoms with Gasteiger partial charge in [-0.15, -0.1) is 11.3 Å². The lowest BCUT2D eigenvalue weighted by Gasteiger charge is -2.06. The van der Waals surface area contributed by atoms with Crippen LogP contribution in [0.5, 0.6) is 5.75 Å². The highest BCUT2D eigenvalue weighted by molar-refractivity contribution is 7.13. The van der Waals surface area contributed by atoms with Crippen LogP contribution in [-0.2, 0) is 0 Å². The number of hydrogen-bond donors (Lipinski definition) is 1. The zero-order valence-electron chi connectivity index (χ0n) is 11.3. The van der Waals surface area contributed by atoms with Crippen molar-refractivity contribution in [2.75, 3.05) is 7.11 Å². The first-order chi connectivity index (χ1) is 10.3. The maximum atomic E-state index is 9.29. The number of fused-ring (bicyclic) bond motifs is 3. The van der Waals surface area contributed by atoms with Crippen LogP contribution < -0.4 is 4.74 Å². The van der Waals surface area contributed by atoms with Crippen molar-refractivity contribution in [3.05, 3.63) is 58.5 Å². The third kappa shape index (κ3) is 1.64. The number of ether oxygens (including phenoxy) is 1.